The first-order chi connectivity index (χ1) is 45.9. The standard InChI is InChI=1S/C53H86N4O41/c1-14(65)54-27-17(68)4-52(49(84)85,96-42(27)33(75)22(9-60)93-51(48(82)83)5-19(70)29(57-26(72)13-64)41(95-51)31(73)20(71)7-58)94-23(10-61)34(76)43-28(55-15(2)66)18(69)6-53(97-43,50(86)87)98-44-38(80)47(91-39-24(11-62)88-45(81)37(79)36(39)78)90-25(12-63)40(44)92-46-30(56-16(3)67)35(77)32(74)21(8-59)89-46/h17-25,27-47,58-64,68-71,73-81H,4-13H2,1-3H3,(H,54,65)(H,55,66)(H,56,67)(H,57,72)(H,82,83)(H,84,85)(H,86,87)/t17-,18-,19-,20+,21+,22+,23+,24+,25+,27+,28+,29+,30+,31+,32-,33+,34+,35+,36+,37+,38+,39+,40-,41+,42+,43+,44+,45+,46-,47-,51+,52+,53-/m0/s1. The Hall–Kier alpha value is -4.95. The molecule has 6 aliphatic heterocycles. The van der Waals surface area contributed by atoms with Crippen molar-refractivity contribution in [3.8, 4) is 0 Å². The fourth-order valence-corrected chi connectivity index (χ4v) is 12.2. The highest BCUT2D eigenvalue weighted by Gasteiger charge is 2.65. The molecule has 0 unspecified atom stereocenters. The summed E-state index contributed by atoms with van der Waals surface area (Å²) in [5, 5.41) is 260. The topological polar surface area (TPSA) is 734 Å². The van der Waals surface area contributed by atoms with Gasteiger partial charge in [-0.3, -0.25) is 19.2 Å². The normalized spacial score (nSPS) is 41.8. The minimum absolute atomic E-state index is 0.811. The van der Waals surface area contributed by atoms with Gasteiger partial charge in [-0.1, -0.05) is 0 Å². The number of carboxylic acid groups (broad SMARTS) is 3. The Labute approximate surface area is 552 Å². The van der Waals surface area contributed by atoms with Crippen molar-refractivity contribution in [2.45, 2.75) is 241 Å². The van der Waals surface area contributed by atoms with Crippen LogP contribution < -0.4 is 21.3 Å². The molecule has 564 valence electrons. The lowest BCUT2D eigenvalue weighted by atomic mass is 9.86. The van der Waals surface area contributed by atoms with E-state index in [1.54, 1.807) is 0 Å². The highest BCUT2D eigenvalue weighted by molar-refractivity contribution is 5.79. The van der Waals surface area contributed by atoms with Crippen molar-refractivity contribution in [3.63, 3.8) is 0 Å². The molecule has 33 atom stereocenters. The molecule has 0 aromatic carbocycles. The highest BCUT2D eigenvalue weighted by Crippen LogP contribution is 2.43. The summed E-state index contributed by atoms with van der Waals surface area (Å²) in [5.74, 6) is -22.2. The Kier molecular flexibility index (Phi) is 28.7. The summed E-state index contributed by atoms with van der Waals surface area (Å²) in [6.45, 7) is -6.81. The number of aliphatic carboxylic acids is 3. The number of aliphatic hydroxyl groups excluding tert-OH is 20. The molecule has 45 nitrogen and oxygen atoms in total. The molecule has 45 heteroatoms. The molecule has 27 N–H and O–H groups in total. The van der Waals surface area contributed by atoms with Gasteiger partial charge < -0.3 is 191 Å². The van der Waals surface area contributed by atoms with E-state index in [1.165, 1.54) is 0 Å². The van der Waals surface area contributed by atoms with Crippen molar-refractivity contribution < 1.29 is 203 Å². The summed E-state index contributed by atoms with van der Waals surface area (Å²) in [5.41, 5.74) is 0. The average molecular weight is 1440 g/mol. The van der Waals surface area contributed by atoms with Crippen molar-refractivity contribution in [1.29, 1.82) is 0 Å². The number of nitrogens with one attached hydrogen (secondary N) is 4. The lowest BCUT2D eigenvalue weighted by molar-refractivity contribution is -0.401. The van der Waals surface area contributed by atoms with Gasteiger partial charge in [0.2, 0.25) is 23.6 Å². The second-order valence-corrected chi connectivity index (χ2v) is 24.0. The van der Waals surface area contributed by atoms with Crippen LogP contribution in [-0.4, -0.2) is 406 Å². The monoisotopic (exact) mass is 1430 g/mol. The minimum Gasteiger partial charge on any atom is -0.477 e. The van der Waals surface area contributed by atoms with Crippen LogP contribution in [0.3, 0.4) is 0 Å². The Bertz CT molecular complexity index is 2690. The Morgan fingerprint density at radius 2 is 0.837 bits per heavy atom. The molecule has 4 amide bonds. The van der Waals surface area contributed by atoms with E-state index in [-0.39, 0.29) is 0 Å². The molecule has 0 radical (unpaired) electrons. The summed E-state index contributed by atoms with van der Waals surface area (Å²) in [7, 11) is 0. The molecule has 6 fully saturated rings. The number of carboxylic acids is 3. The van der Waals surface area contributed by atoms with E-state index >= 15 is 0 Å². The molecule has 0 aliphatic carbocycles. The van der Waals surface area contributed by atoms with E-state index in [9.17, 15) is 151 Å². The van der Waals surface area contributed by atoms with Crippen LogP contribution in [-0.2, 0) is 85.7 Å². The second-order valence-electron chi connectivity index (χ2n) is 24.0. The Balaban J connectivity index is 1.42. The van der Waals surface area contributed by atoms with Gasteiger partial charge in [0.25, 0.3) is 17.4 Å². The van der Waals surface area contributed by atoms with E-state index < -0.39 is 308 Å². The predicted molar refractivity (Wildman–Crippen MR) is 299 cm³/mol. The van der Waals surface area contributed by atoms with Crippen LogP contribution in [0.25, 0.3) is 0 Å². The minimum atomic E-state index is -3.68. The van der Waals surface area contributed by atoms with Crippen LogP contribution >= 0.6 is 0 Å². The van der Waals surface area contributed by atoms with Gasteiger partial charge in [0.05, 0.1) is 76.1 Å². The van der Waals surface area contributed by atoms with Gasteiger partial charge in [-0.25, -0.2) is 14.4 Å². The number of aliphatic hydroxyl groups is 20. The maximum absolute atomic E-state index is 14.0. The third-order valence-corrected chi connectivity index (χ3v) is 17.1. The largest absolute Gasteiger partial charge is 0.477 e. The van der Waals surface area contributed by atoms with Gasteiger partial charge in [-0.15, -0.1) is 0 Å². The molecular formula is C53H86N4O41. The lowest BCUT2D eigenvalue weighted by Gasteiger charge is -2.52. The number of ether oxygens (including phenoxy) is 11. The van der Waals surface area contributed by atoms with Crippen LogP contribution in [0.1, 0.15) is 40.0 Å². The van der Waals surface area contributed by atoms with E-state index in [2.05, 4.69) is 16.0 Å². The zero-order valence-corrected chi connectivity index (χ0v) is 52.0. The quantitative estimate of drug-likeness (QED) is 0.0318. The smallest absolute Gasteiger partial charge is 0.364 e. The van der Waals surface area contributed by atoms with Crippen LogP contribution in [0.4, 0.5) is 0 Å². The zero-order chi connectivity index (χ0) is 73.5. The Morgan fingerprint density at radius 3 is 1.26 bits per heavy atom. The van der Waals surface area contributed by atoms with E-state index in [0.29, 0.717) is 0 Å². The summed E-state index contributed by atoms with van der Waals surface area (Å²) < 4.78 is 63.1. The van der Waals surface area contributed by atoms with Gasteiger partial charge in [-0.2, -0.15) is 0 Å². The maximum Gasteiger partial charge on any atom is 0.364 e. The summed E-state index contributed by atoms with van der Waals surface area (Å²) in [6, 6.07) is -8.10. The number of rotatable bonds is 30. The molecule has 0 bridgehead atoms. The van der Waals surface area contributed by atoms with Crippen LogP contribution in [0.15, 0.2) is 0 Å². The molecule has 0 aromatic rings. The molecule has 6 saturated heterocycles. The van der Waals surface area contributed by atoms with Crippen molar-refractivity contribution in [1.82, 2.24) is 21.3 Å². The third-order valence-electron chi connectivity index (χ3n) is 17.1. The highest BCUT2D eigenvalue weighted by atomic mass is 16.8. The van der Waals surface area contributed by atoms with Gasteiger partial charge in [0.15, 0.2) is 18.9 Å². The zero-order valence-electron chi connectivity index (χ0n) is 52.0. The summed E-state index contributed by atoms with van der Waals surface area (Å²) >= 11 is 0. The number of hydrogen-bond acceptors (Lipinski definition) is 38. The molecule has 98 heavy (non-hydrogen) atoms. The van der Waals surface area contributed by atoms with Crippen molar-refractivity contribution in [3.05, 3.63) is 0 Å². The second kappa shape index (κ2) is 34.3. The predicted octanol–water partition coefficient (Wildman–Crippen LogP) is -16.9. The van der Waals surface area contributed by atoms with E-state index in [0.717, 1.165) is 20.8 Å². The first-order valence-corrected chi connectivity index (χ1v) is 30.2. The van der Waals surface area contributed by atoms with Crippen molar-refractivity contribution >= 4 is 41.5 Å². The number of amides is 4. The first-order valence-electron chi connectivity index (χ1n) is 30.2. The van der Waals surface area contributed by atoms with Gasteiger partial charge in [0, 0.05) is 40.0 Å². The van der Waals surface area contributed by atoms with E-state index in [4.69, 9.17) is 52.1 Å². The molecule has 6 heterocycles. The molecule has 6 rings (SSSR count). The van der Waals surface area contributed by atoms with Crippen LogP contribution in [0, 0.1) is 0 Å². The van der Waals surface area contributed by atoms with E-state index in [1.807, 2.05) is 5.32 Å². The van der Waals surface area contributed by atoms with Crippen molar-refractivity contribution in [2.75, 3.05) is 46.2 Å². The molecule has 0 spiro atoms. The lowest BCUT2D eigenvalue weighted by Crippen LogP contribution is -2.72. The number of carbonyl (C=O) groups excluding carboxylic acids is 4. The molecular weight excluding hydrogens is 1350 g/mol. The summed E-state index contributed by atoms with van der Waals surface area (Å²) in [6.07, 6.45) is -65.2. The van der Waals surface area contributed by atoms with Crippen LogP contribution in [0.5, 0.6) is 0 Å². The Morgan fingerprint density at radius 1 is 0.439 bits per heavy atom. The summed E-state index contributed by atoms with van der Waals surface area (Å²) in [4.78, 5) is 91.1. The van der Waals surface area contributed by atoms with Gasteiger partial charge in [0.1, 0.15) is 135 Å². The molecule has 0 aromatic heterocycles. The third kappa shape index (κ3) is 17.7. The fraction of sp³-hybridized carbons (Fsp3) is 0.868. The maximum atomic E-state index is 14.0. The number of carbonyl (C=O) groups is 7. The number of hydrogen-bond donors (Lipinski definition) is 27. The SMILES string of the molecule is CC(=O)N[C@H]1[C@H](O[C@@H]2[C@H](O[C@]3(C(=O)O)C[C@H](O)[C@@H](NC(C)=O)[C@H]([C@H](O)[C@@H](CO)O[C@]4(C(=O)O)C[C@H](O)[C@@H](NC(C)=O)[C@H]([C@H](O)[C@@H](CO)O[C@]5(C(=O)O)C[C@H](O)[C@@H](NC(=O)CO)[C@H]([C@H](O)[C@H](O)CO)O5)O4)O3)[C@@H](O)[C@H](O[C@H]3[C@H](O)[C@@H](O)[C@H](O)O[C@@H]3CO)O[C@@H]2CO)O[C@H](CO)[C@H](O)[C@@H]1O. The van der Waals surface area contributed by atoms with Crippen molar-refractivity contribution in [2.24, 2.45) is 0 Å². The molecule has 0 saturated carbocycles. The fourth-order valence-electron chi connectivity index (χ4n) is 12.2. The first kappa shape index (κ1) is 82.0. The van der Waals surface area contributed by atoms with Gasteiger partial charge in [-0.05, 0) is 0 Å². The average Bonchev–Trinajstić information content (AvgIpc) is 0.752. The molecule has 6 aliphatic rings. The van der Waals surface area contributed by atoms with Gasteiger partial charge >= 0.3 is 17.9 Å². The van der Waals surface area contributed by atoms with Crippen LogP contribution in [0.2, 0.25) is 0 Å².